The number of hydrogen-bond acceptors (Lipinski definition) is 5. The molecular weight excluding hydrogens is 362 g/mol. The van der Waals surface area contributed by atoms with Crippen LogP contribution in [-0.4, -0.2) is 48.0 Å². The Labute approximate surface area is 163 Å². The third kappa shape index (κ3) is 5.05. The molecule has 2 aromatic rings. The predicted octanol–water partition coefficient (Wildman–Crippen LogP) is 2.69. The predicted molar refractivity (Wildman–Crippen MR) is 108 cm³/mol. The van der Waals surface area contributed by atoms with E-state index in [1.807, 2.05) is 44.2 Å². The Kier molecular flexibility index (Phi) is 6.08. The van der Waals surface area contributed by atoms with Gasteiger partial charge in [-0.3, -0.25) is 15.0 Å². The number of likely N-dealkylation sites (N-methyl/N-ethyl adjacent to an activating group) is 1. The monoisotopic (exact) mass is 387 g/mol. The topological polar surface area (TPSA) is 77.6 Å². The van der Waals surface area contributed by atoms with Crippen LogP contribution in [0.4, 0.5) is 15.6 Å². The van der Waals surface area contributed by atoms with Gasteiger partial charge in [0, 0.05) is 43.2 Å². The molecule has 0 spiro atoms. The van der Waals surface area contributed by atoms with Crippen LogP contribution in [0.2, 0.25) is 0 Å². The number of urea groups is 1. The normalized spacial score (nSPS) is 13.9. The lowest BCUT2D eigenvalue weighted by Gasteiger charge is -2.27. The molecule has 7 nitrogen and oxygen atoms in total. The number of nitrogens with one attached hydrogen (secondary N) is 2. The number of fused-ring (bicyclic) bond motifs is 1. The number of benzene rings is 1. The molecular formula is C19H25N5O2S. The van der Waals surface area contributed by atoms with E-state index in [0.717, 1.165) is 29.2 Å². The molecule has 0 saturated heterocycles. The number of hydrogen-bond donors (Lipinski definition) is 2. The van der Waals surface area contributed by atoms with Crippen LogP contribution in [0.15, 0.2) is 30.3 Å². The summed E-state index contributed by atoms with van der Waals surface area (Å²) in [6.07, 6.45) is 0.779. The Morgan fingerprint density at radius 2 is 2.04 bits per heavy atom. The van der Waals surface area contributed by atoms with Gasteiger partial charge < -0.3 is 10.2 Å². The van der Waals surface area contributed by atoms with Gasteiger partial charge in [-0.2, -0.15) is 0 Å². The molecule has 1 aliphatic heterocycles. The average Bonchev–Trinajstić information content (AvgIpc) is 3.02. The fourth-order valence-corrected chi connectivity index (χ4v) is 3.97. The van der Waals surface area contributed by atoms with Gasteiger partial charge in [-0.1, -0.05) is 18.2 Å². The zero-order chi connectivity index (χ0) is 19.4. The number of anilines is 2. The number of para-hydroxylation sites is 1. The smallest absolute Gasteiger partial charge is 0.321 e. The number of aromatic nitrogens is 1. The van der Waals surface area contributed by atoms with Crippen LogP contribution in [-0.2, 0) is 17.8 Å². The highest BCUT2D eigenvalue weighted by molar-refractivity contribution is 7.15. The fraction of sp³-hybridized carbons (Fsp3) is 0.421. The van der Waals surface area contributed by atoms with E-state index in [4.69, 9.17) is 0 Å². The van der Waals surface area contributed by atoms with E-state index in [1.165, 1.54) is 11.3 Å². The molecule has 0 bridgehead atoms. The van der Waals surface area contributed by atoms with E-state index in [0.29, 0.717) is 18.2 Å². The van der Waals surface area contributed by atoms with Crippen LogP contribution in [0, 0.1) is 0 Å². The maximum Gasteiger partial charge on any atom is 0.321 e. The average molecular weight is 388 g/mol. The Morgan fingerprint density at radius 3 is 2.74 bits per heavy atom. The Morgan fingerprint density at radius 1 is 1.30 bits per heavy atom. The molecule has 0 aliphatic carbocycles. The Balaban J connectivity index is 1.58. The van der Waals surface area contributed by atoms with E-state index < -0.39 is 0 Å². The van der Waals surface area contributed by atoms with Crippen molar-refractivity contribution in [2.75, 3.05) is 30.4 Å². The molecule has 27 heavy (non-hydrogen) atoms. The number of rotatable bonds is 5. The second-order valence-electron chi connectivity index (χ2n) is 6.89. The van der Waals surface area contributed by atoms with Gasteiger partial charge in [0.25, 0.3) is 0 Å². The molecule has 1 aromatic heterocycles. The molecule has 0 saturated carbocycles. The maximum atomic E-state index is 12.6. The number of carbonyl (C=O) groups excluding carboxylic acids is 2. The Hall–Kier alpha value is -2.45. The minimum Gasteiger partial charge on any atom is -0.336 e. The first-order chi connectivity index (χ1) is 12.9. The van der Waals surface area contributed by atoms with Gasteiger partial charge in [0.1, 0.15) is 0 Å². The van der Waals surface area contributed by atoms with E-state index in [-0.39, 0.29) is 18.0 Å². The molecule has 8 heteroatoms. The molecule has 3 rings (SSSR count). The summed E-state index contributed by atoms with van der Waals surface area (Å²) in [6, 6.07) is 9.46. The molecule has 2 heterocycles. The summed E-state index contributed by atoms with van der Waals surface area (Å²) in [4.78, 5) is 33.9. The number of amides is 3. The minimum absolute atomic E-state index is 0.0591. The van der Waals surface area contributed by atoms with Crippen molar-refractivity contribution in [3.8, 4) is 0 Å². The summed E-state index contributed by atoms with van der Waals surface area (Å²) < 4.78 is 0. The molecule has 0 fully saturated rings. The van der Waals surface area contributed by atoms with Gasteiger partial charge in [0.15, 0.2) is 5.13 Å². The van der Waals surface area contributed by atoms with Gasteiger partial charge in [0.05, 0.1) is 12.2 Å². The zero-order valence-electron chi connectivity index (χ0n) is 15.9. The van der Waals surface area contributed by atoms with Crippen molar-refractivity contribution < 1.29 is 9.59 Å². The highest BCUT2D eigenvalue weighted by atomic mass is 32.1. The number of thiazole rings is 1. The molecule has 1 aromatic carbocycles. The first kappa shape index (κ1) is 19.3. The highest BCUT2D eigenvalue weighted by Crippen LogP contribution is 2.28. The molecule has 0 radical (unpaired) electrons. The molecule has 1 aliphatic rings. The first-order valence-electron chi connectivity index (χ1n) is 9.02. The SMILES string of the molecule is CC(C)NC(=O)Nc1nc2c(s1)CN(CC(=O)N(C)c1ccccc1)CC2. The second kappa shape index (κ2) is 8.49. The van der Waals surface area contributed by atoms with E-state index in [9.17, 15) is 9.59 Å². The lowest BCUT2D eigenvalue weighted by Crippen LogP contribution is -2.40. The van der Waals surface area contributed by atoms with Gasteiger partial charge >= 0.3 is 6.03 Å². The van der Waals surface area contributed by atoms with Crippen molar-refractivity contribution in [1.82, 2.24) is 15.2 Å². The van der Waals surface area contributed by atoms with Gasteiger partial charge in [-0.05, 0) is 26.0 Å². The summed E-state index contributed by atoms with van der Waals surface area (Å²) >= 11 is 1.48. The van der Waals surface area contributed by atoms with E-state index in [2.05, 4.69) is 20.5 Å². The summed E-state index contributed by atoms with van der Waals surface area (Å²) in [7, 11) is 1.80. The summed E-state index contributed by atoms with van der Waals surface area (Å²) in [5.41, 5.74) is 1.90. The van der Waals surface area contributed by atoms with E-state index >= 15 is 0 Å². The number of carbonyl (C=O) groups is 2. The van der Waals surface area contributed by atoms with Crippen LogP contribution >= 0.6 is 11.3 Å². The molecule has 0 unspecified atom stereocenters. The minimum atomic E-state index is -0.243. The van der Waals surface area contributed by atoms with Crippen molar-refractivity contribution in [2.24, 2.45) is 0 Å². The van der Waals surface area contributed by atoms with Crippen molar-refractivity contribution in [3.05, 3.63) is 40.9 Å². The largest absolute Gasteiger partial charge is 0.336 e. The van der Waals surface area contributed by atoms with Crippen LogP contribution in [0.25, 0.3) is 0 Å². The van der Waals surface area contributed by atoms with Crippen LogP contribution in [0.3, 0.4) is 0 Å². The quantitative estimate of drug-likeness (QED) is 0.827. The van der Waals surface area contributed by atoms with Crippen LogP contribution in [0.5, 0.6) is 0 Å². The summed E-state index contributed by atoms with van der Waals surface area (Å²) in [5.74, 6) is 0.0591. The zero-order valence-corrected chi connectivity index (χ0v) is 16.7. The summed E-state index contributed by atoms with van der Waals surface area (Å²) in [5, 5.41) is 6.18. The van der Waals surface area contributed by atoms with Crippen molar-refractivity contribution >= 4 is 34.1 Å². The lowest BCUT2D eigenvalue weighted by atomic mass is 10.2. The third-order valence-corrected chi connectivity index (χ3v) is 5.32. The number of nitrogens with zero attached hydrogens (tertiary/aromatic N) is 3. The molecule has 144 valence electrons. The lowest BCUT2D eigenvalue weighted by molar-refractivity contribution is -0.119. The third-order valence-electron chi connectivity index (χ3n) is 4.33. The standard InChI is InChI=1S/C19H25N5O2S/c1-13(2)20-18(26)22-19-21-15-9-10-24(11-16(15)27-19)12-17(25)23(3)14-7-5-4-6-8-14/h4-8,13H,9-12H2,1-3H3,(H2,20,21,22,26). The maximum absolute atomic E-state index is 12.6. The van der Waals surface area contributed by atoms with E-state index in [1.54, 1.807) is 11.9 Å². The summed E-state index contributed by atoms with van der Waals surface area (Å²) in [6.45, 7) is 5.64. The molecule has 0 atom stereocenters. The van der Waals surface area contributed by atoms with Gasteiger partial charge in [-0.15, -0.1) is 11.3 Å². The van der Waals surface area contributed by atoms with Gasteiger partial charge in [-0.25, -0.2) is 9.78 Å². The Bertz CT molecular complexity index is 806. The first-order valence-corrected chi connectivity index (χ1v) is 9.84. The second-order valence-corrected chi connectivity index (χ2v) is 7.97. The molecule has 2 N–H and O–H groups in total. The van der Waals surface area contributed by atoms with Crippen LogP contribution < -0.4 is 15.5 Å². The van der Waals surface area contributed by atoms with Crippen molar-refractivity contribution in [3.63, 3.8) is 0 Å². The van der Waals surface area contributed by atoms with Crippen LogP contribution in [0.1, 0.15) is 24.4 Å². The molecule has 3 amide bonds. The fourth-order valence-electron chi connectivity index (χ4n) is 2.93. The highest BCUT2D eigenvalue weighted by Gasteiger charge is 2.24. The van der Waals surface area contributed by atoms with Crippen molar-refractivity contribution in [1.29, 1.82) is 0 Å². The van der Waals surface area contributed by atoms with Crippen molar-refractivity contribution in [2.45, 2.75) is 32.9 Å². The van der Waals surface area contributed by atoms with Gasteiger partial charge in [0.2, 0.25) is 5.91 Å².